The summed E-state index contributed by atoms with van der Waals surface area (Å²) in [7, 11) is 1.43. The number of piperidine rings is 1. The quantitative estimate of drug-likeness (QED) is 0.851. The van der Waals surface area contributed by atoms with Crippen LogP contribution in [0.25, 0.3) is 10.8 Å². The van der Waals surface area contributed by atoms with Gasteiger partial charge in [0.05, 0.1) is 12.7 Å². The topological polar surface area (TPSA) is 38.3 Å². The highest BCUT2D eigenvalue weighted by Gasteiger charge is 2.19. The summed E-state index contributed by atoms with van der Waals surface area (Å²) in [6.07, 6.45) is 2.31. The molecule has 1 N–H and O–H groups in total. The van der Waals surface area contributed by atoms with Crippen LogP contribution < -0.4 is 5.32 Å². The molecule has 1 saturated heterocycles. The van der Waals surface area contributed by atoms with E-state index < -0.39 is 0 Å². The zero-order chi connectivity index (χ0) is 13.9. The molecule has 0 spiro atoms. The molecule has 3 heteroatoms. The first-order chi connectivity index (χ1) is 9.81. The van der Waals surface area contributed by atoms with Gasteiger partial charge in [-0.25, -0.2) is 4.79 Å². The molecule has 1 heterocycles. The monoisotopic (exact) mass is 269 g/mol. The van der Waals surface area contributed by atoms with Crippen LogP contribution in [0.2, 0.25) is 0 Å². The van der Waals surface area contributed by atoms with Crippen molar-refractivity contribution in [2.24, 2.45) is 0 Å². The second kappa shape index (κ2) is 5.63. The van der Waals surface area contributed by atoms with E-state index in [2.05, 4.69) is 17.4 Å². The van der Waals surface area contributed by atoms with E-state index in [0.717, 1.165) is 31.3 Å². The smallest absolute Gasteiger partial charge is 0.338 e. The number of benzene rings is 2. The molecule has 1 aliphatic rings. The Bertz CT molecular complexity index is 630. The Labute approximate surface area is 118 Å². The van der Waals surface area contributed by atoms with E-state index in [1.807, 2.05) is 24.3 Å². The van der Waals surface area contributed by atoms with Gasteiger partial charge in [-0.2, -0.15) is 0 Å². The van der Waals surface area contributed by atoms with Crippen molar-refractivity contribution in [1.29, 1.82) is 0 Å². The molecule has 0 aromatic heterocycles. The average molecular weight is 269 g/mol. The van der Waals surface area contributed by atoms with Crippen LogP contribution in [0.15, 0.2) is 36.4 Å². The lowest BCUT2D eigenvalue weighted by molar-refractivity contribution is 0.0603. The fourth-order valence-corrected chi connectivity index (χ4v) is 3.10. The summed E-state index contributed by atoms with van der Waals surface area (Å²) in [5.41, 5.74) is 2.01. The predicted octanol–water partition coefficient (Wildman–Crippen LogP) is 3.09. The van der Waals surface area contributed by atoms with Gasteiger partial charge >= 0.3 is 5.97 Å². The van der Waals surface area contributed by atoms with Crippen molar-refractivity contribution >= 4 is 16.7 Å². The lowest BCUT2D eigenvalue weighted by Gasteiger charge is -2.24. The van der Waals surface area contributed by atoms with E-state index in [1.54, 1.807) is 0 Å². The van der Waals surface area contributed by atoms with Crippen molar-refractivity contribution in [2.75, 3.05) is 20.2 Å². The van der Waals surface area contributed by atoms with E-state index in [1.165, 1.54) is 18.1 Å². The van der Waals surface area contributed by atoms with E-state index >= 15 is 0 Å². The summed E-state index contributed by atoms with van der Waals surface area (Å²) in [4.78, 5) is 11.9. The fourth-order valence-electron chi connectivity index (χ4n) is 3.10. The van der Waals surface area contributed by atoms with Gasteiger partial charge in [-0.15, -0.1) is 0 Å². The lowest BCUT2D eigenvalue weighted by Crippen LogP contribution is -2.26. The summed E-state index contributed by atoms with van der Waals surface area (Å²) < 4.78 is 4.88. The molecule has 3 rings (SSSR count). The Morgan fingerprint density at radius 1 is 1.10 bits per heavy atom. The molecule has 1 fully saturated rings. The minimum atomic E-state index is -0.266. The molecule has 104 valence electrons. The Balaban J connectivity index is 2.13. The molecule has 2 aromatic rings. The van der Waals surface area contributed by atoms with Crippen molar-refractivity contribution in [1.82, 2.24) is 5.32 Å². The number of carbonyl (C=O) groups excluding carboxylic acids is 1. The highest BCUT2D eigenvalue weighted by atomic mass is 16.5. The highest BCUT2D eigenvalue weighted by molar-refractivity contribution is 6.05. The number of nitrogens with one attached hydrogen (secondary N) is 1. The minimum absolute atomic E-state index is 0.266. The van der Waals surface area contributed by atoms with Crippen LogP contribution in [0.5, 0.6) is 0 Å². The summed E-state index contributed by atoms with van der Waals surface area (Å²) >= 11 is 0. The van der Waals surface area contributed by atoms with Crippen molar-refractivity contribution in [3.05, 3.63) is 47.5 Å². The van der Waals surface area contributed by atoms with E-state index in [0.29, 0.717) is 11.5 Å². The normalized spacial score (nSPS) is 16.2. The number of hydrogen-bond donors (Lipinski definition) is 1. The molecular formula is C17H19NO2. The first-order valence-corrected chi connectivity index (χ1v) is 7.12. The molecular weight excluding hydrogens is 250 g/mol. The standard InChI is InChI=1S/C17H19NO2/c1-20-17(19)16-7-6-13(12-8-10-18-11-9-12)14-4-2-3-5-15(14)16/h2-7,12,18H,8-11H2,1H3. The third kappa shape index (κ3) is 2.29. The summed E-state index contributed by atoms with van der Waals surface area (Å²) in [6, 6.07) is 12.1. The first kappa shape index (κ1) is 13.1. The Kier molecular flexibility index (Phi) is 3.70. The SMILES string of the molecule is COC(=O)c1ccc(C2CCNCC2)c2ccccc12. The molecule has 3 nitrogen and oxygen atoms in total. The van der Waals surface area contributed by atoms with Gasteiger partial charge in [0.25, 0.3) is 0 Å². The molecule has 20 heavy (non-hydrogen) atoms. The number of rotatable bonds is 2. The summed E-state index contributed by atoms with van der Waals surface area (Å²) in [5.74, 6) is 0.311. The van der Waals surface area contributed by atoms with Crippen molar-refractivity contribution in [2.45, 2.75) is 18.8 Å². The van der Waals surface area contributed by atoms with Crippen molar-refractivity contribution in [3.8, 4) is 0 Å². The minimum Gasteiger partial charge on any atom is -0.465 e. The van der Waals surface area contributed by atoms with Gasteiger partial charge in [0.1, 0.15) is 0 Å². The predicted molar refractivity (Wildman–Crippen MR) is 80.1 cm³/mol. The number of hydrogen-bond acceptors (Lipinski definition) is 3. The summed E-state index contributed by atoms with van der Waals surface area (Å²) in [6.45, 7) is 2.13. The molecule has 0 unspecified atom stereocenters. The maximum atomic E-state index is 11.9. The van der Waals surface area contributed by atoms with E-state index in [4.69, 9.17) is 4.74 Å². The van der Waals surface area contributed by atoms with Gasteiger partial charge in [-0.05, 0) is 54.3 Å². The van der Waals surface area contributed by atoms with Crippen LogP contribution in [-0.4, -0.2) is 26.2 Å². The van der Waals surface area contributed by atoms with E-state index in [9.17, 15) is 4.79 Å². The zero-order valence-corrected chi connectivity index (χ0v) is 11.7. The maximum absolute atomic E-state index is 11.9. The van der Waals surface area contributed by atoms with Gasteiger partial charge in [0, 0.05) is 0 Å². The largest absolute Gasteiger partial charge is 0.465 e. The molecule has 0 saturated carbocycles. The third-order valence-electron chi connectivity index (χ3n) is 4.14. The summed E-state index contributed by atoms with van der Waals surface area (Å²) in [5, 5.41) is 5.58. The molecule has 2 aromatic carbocycles. The first-order valence-electron chi connectivity index (χ1n) is 7.12. The van der Waals surface area contributed by atoms with Crippen LogP contribution in [0.3, 0.4) is 0 Å². The van der Waals surface area contributed by atoms with Crippen molar-refractivity contribution in [3.63, 3.8) is 0 Å². The number of methoxy groups -OCH3 is 1. The Morgan fingerprint density at radius 3 is 2.50 bits per heavy atom. The molecule has 0 bridgehead atoms. The third-order valence-corrected chi connectivity index (χ3v) is 4.14. The number of fused-ring (bicyclic) bond motifs is 1. The Hall–Kier alpha value is -1.87. The molecule has 0 radical (unpaired) electrons. The van der Waals surface area contributed by atoms with E-state index in [-0.39, 0.29) is 5.97 Å². The fraction of sp³-hybridized carbons (Fsp3) is 0.353. The highest BCUT2D eigenvalue weighted by Crippen LogP contribution is 2.33. The number of esters is 1. The second-order valence-electron chi connectivity index (χ2n) is 5.26. The zero-order valence-electron chi connectivity index (χ0n) is 11.7. The van der Waals surface area contributed by atoms with Crippen LogP contribution in [0.1, 0.15) is 34.7 Å². The lowest BCUT2D eigenvalue weighted by atomic mass is 9.86. The van der Waals surface area contributed by atoms with Crippen LogP contribution in [0.4, 0.5) is 0 Å². The van der Waals surface area contributed by atoms with Crippen LogP contribution in [-0.2, 0) is 4.74 Å². The van der Waals surface area contributed by atoms with Gasteiger partial charge in [0.15, 0.2) is 0 Å². The van der Waals surface area contributed by atoms with Crippen LogP contribution >= 0.6 is 0 Å². The van der Waals surface area contributed by atoms with Gasteiger partial charge < -0.3 is 10.1 Å². The average Bonchev–Trinajstić information content (AvgIpc) is 2.54. The van der Waals surface area contributed by atoms with Gasteiger partial charge in [-0.1, -0.05) is 30.3 Å². The van der Waals surface area contributed by atoms with Crippen LogP contribution in [0, 0.1) is 0 Å². The maximum Gasteiger partial charge on any atom is 0.338 e. The second-order valence-corrected chi connectivity index (χ2v) is 5.26. The molecule has 0 aliphatic carbocycles. The number of ether oxygens (including phenoxy) is 1. The number of carbonyl (C=O) groups is 1. The molecule has 0 amide bonds. The molecule has 1 aliphatic heterocycles. The molecule has 0 atom stereocenters. The van der Waals surface area contributed by atoms with Gasteiger partial charge in [-0.3, -0.25) is 0 Å². The van der Waals surface area contributed by atoms with Gasteiger partial charge in [0.2, 0.25) is 0 Å². The van der Waals surface area contributed by atoms with Crippen molar-refractivity contribution < 1.29 is 9.53 Å². The Morgan fingerprint density at radius 2 is 1.80 bits per heavy atom.